The number of esters is 1. The molecule has 0 bridgehead atoms. The molecule has 19 heavy (non-hydrogen) atoms. The lowest BCUT2D eigenvalue weighted by Gasteiger charge is -2.29. The van der Waals surface area contributed by atoms with Crippen LogP contribution in [-0.2, 0) is 14.3 Å². The van der Waals surface area contributed by atoms with Crippen molar-refractivity contribution in [3.05, 3.63) is 0 Å². The summed E-state index contributed by atoms with van der Waals surface area (Å²) in [6.45, 7) is 7.13. The zero-order valence-corrected chi connectivity index (χ0v) is 12.1. The van der Waals surface area contributed by atoms with Crippen molar-refractivity contribution in [1.82, 2.24) is 4.90 Å². The number of rotatable bonds is 3. The summed E-state index contributed by atoms with van der Waals surface area (Å²) < 4.78 is 10.8. The highest BCUT2D eigenvalue weighted by molar-refractivity contribution is 5.81. The molecule has 5 heteroatoms. The number of nitrogens with two attached hydrogens (primary N) is 1. The molecule has 0 radical (unpaired) electrons. The first kappa shape index (κ1) is 14.8. The van der Waals surface area contributed by atoms with E-state index < -0.39 is 5.54 Å². The molecule has 1 saturated carbocycles. The molecule has 1 saturated heterocycles. The van der Waals surface area contributed by atoms with Crippen LogP contribution in [0.5, 0.6) is 0 Å². The molecule has 3 unspecified atom stereocenters. The maximum absolute atomic E-state index is 11.9. The molecule has 0 aromatic rings. The SMILES string of the molecule is CCOC(=O)C1(N)CCC(N2CCCOC(C)C2)C1. The van der Waals surface area contributed by atoms with Crippen LogP contribution in [0.15, 0.2) is 0 Å². The number of carbonyl (C=O) groups excluding carboxylic acids is 1. The average Bonchev–Trinajstić information content (AvgIpc) is 2.64. The Morgan fingerprint density at radius 2 is 2.37 bits per heavy atom. The van der Waals surface area contributed by atoms with E-state index in [0.717, 1.165) is 39.0 Å². The second-order valence-electron chi connectivity index (χ2n) is 5.80. The molecule has 5 nitrogen and oxygen atoms in total. The second-order valence-corrected chi connectivity index (χ2v) is 5.80. The van der Waals surface area contributed by atoms with Gasteiger partial charge in [-0.15, -0.1) is 0 Å². The van der Waals surface area contributed by atoms with Crippen molar-refractivity contribution in [1.29, 1.82) is 0 Å². The van der Waals surface area contributed by atoms with Crippen LogP contribution in [0.1, 0.15) is 39.5 Å². The van der Waals surface area contributed by atoms with Crippen LogP contribution in [0.3, 0.4) is 0 Å². The Balaban J connectivity index is 1.95. The zero-order valence-electron chi connectivity index (χ0n) is 12.1. The third-order valence-electron chi connectivity index (χ3n) is 4.21. The van der Waals surface area contributed by atoms with Gasteiger partial charge in [-0.2, -0.15) is 0 Å². The number of nitrogens with zero attached hydrogens (tertiary/aromatic N) is 1. The normalized spacial score (nSPS) is 37.0. The van der Waals surface area contributed by atoms with E-state index in [9.17, 15) is 4.79 Å². The number of carbonyl (C=O) groups is 1. The molecule has 0 aromatic heterocycles. The van der Waals surface area contributed by atoms with Gasteiger partial charge in [0, 0.05) is 25.7 Å². The fourth-order valence-electron chi connectivity index (χ4n) is 3.18. The highest BCUT2D eigenvalue weighted by Crippen LogP contribution is 2.33. The zero-order chi connectivity index (χ0) is 13.9. The standard InChI is InChI=1S/C14H26N2O3/c1-3-18-13(17)14(15)6-5-12(9-14)16-7-4-8-19-11(2)10-16/h11-12H,3-10,15H2,1-2H3. The summed E-state index contributed by atoms with van der Waals surface area (Å²) in [5.41, 5.74) is 5.45. The second kappa shape index (κ2) is 6.20. The lowest BCUT2D eigenvalue weighted by atomic mass is 9.99. The van der Waals surface area contributed by atoms with Gasteiger partial charge in [0.2, 0.25) is 0 Å². The van der Waals surface area contributed by atoms with Crippen molar-refractivity contribution in [2.45, 2.75) is 57.2 Å². The van der Waals surface area contributed by atoms with Crippen LogP contribution in [-0.4, -0.2) is 54.9 Å². The first-order valence-corrected chi connectivity index (χ1v) is 7.37. The van der Waals surface area contributed by atoms with Crippen LogP contribution in [0, 0.1) is 0 Å². The lowest BCUT2D eigenvalue weighted by molar-refractivity contribution is -0.149. The van der Waals surface area contributed by atoms with Gasteiger partial charge in [0.1, 0.15) is 5.54 Å². The first-order chi connectivity index (χ1) is 9.05. The highest BCUT2D eigenvalue weighted by Gasteiger charge is 2.45. The minimum Gasteiger partial charge on any atom is -0.465 e. The minimum absolute atomic E-state index is 0.239. The Kier molecular flexibility index (Phi) is 4.81. The van der Waals surface area contributed by atoms with Gasteiger partial charge in [-0.3, -0.25) is 9.69 Å². The molecule has 1 heterocycles. The number of hydrogen-bond donors (Lipinski definition) is 1. The first-order valence-electron chi connectivity index (χ1n) is 7.37. The van der Waals surface area contributed by atoms with Crippen LogP contribution >= 0.6 is 0 Å². The average molecular weight is 270 g/mol. The van der Waals surface area contributed by atoms with Crippen LogP contribution in [0.4, 0.5) is 0 Å². The minimum atomic E-state index is -0.781. The summed E-state index contributed by atoms with van der Waals surface area (Å²) in [4.78, 5) is 14.4. The van der Waals surface area contributed by atoms with E-state index in [-0.39, 0.29) is 12.1 Å². The fourth-order valence-corrected chi connectivity index (χ4v) is 3.18. The third-order valence-corrected chi connectivity index (χ3v) is 4.21. The Hall–Kier alpha value is -0.650. The highest BCUT2D eigenvalue weighted by atomic mass is 16.5. The molecular weight excluding hydrogens is 244 g/mol. The molecule has 0 amide bonds. The van der Waals surface area contributed by atoms with Gasteiger partial charge in [-0.1, -0.05) is 0 Å². The van der Waals surface area contributed by atoms with E-state index in [1.807, 2.05) is 6.92 Å². The summed E-state index contributed by atoms with van der Waals surface area (Å²) in [5.74, 6) is -0.239. The van der Waals surface area contributed by atoms with Crippen LogP contribution < -0.4 is 5.73 Å². The Bertz CT molecular complexity index is 324. The Morgan fingerprint density at radius 3 is 3.11 bits per heavy atom. The Labute approximate surface area is 115 Å². The van der Waals surface area contributed by atoms with E-state index in [1.54, 1.807) is 0 Å². The third kappa shape index (κ3) is 3.46. The van der Waals surface area contributed by atoms with Gasteiger partial charge >= 0.3 is 5.97 Å². The monoisotopic (exact) mass is 270 g/mol. The molecule has 0 aromatic carbocycles. The molecule has 1 aliphatic heterocycles. The largest absolute Gasteiger partial charge is 0.465 e. The number of ether oxygens (including phenoxy) is 2. The summed E-state index contributed by atoms with van der Waals surface area (Å²) >= 11 is 0. The predicted octanol–water partition coefficient (Wildman–Crippen LogP) is 0.910. The van der Waals surface area contributed by atoms with Gasteiger partial charge < -0.3 is 15.2 Å². The molecule has 3 atom stereocenters. The lowest BCUT2D eigenvalue weighted by Crippen LogP contribution is -2.49. The maximum Gasteiger partial charge on any atom is 0.326 e. The quantitative estimate of drug-likeness (QED) is 0.772. The molecule has 0 spiro atoms. The topological polar surface area (TPSA) is 64.8 Å². The van der Waals surface area contributed by atoms with Gasteiger partial charge in [0.15, 0.2) is 0 Å². The van der Waals surface area contributed by atoms with Crippen LogP contribution in [0.2, 0.25) is 0 Å². The molecule has 2 rings (SSSR count). The van der Waals surface area contributed by atoms with Gasteiger partial charge in [-0.05, 0) is 39.5 Å². The molecular formula is C14H26N2O3. The predicted molar refractivity (Wildman–Crippen MR) is 72.8 cm³/mol. The van der Waals surface area contributed by atoms with E-state index in [2.05, 4.69) is 11.8 Å². The van der Waals surface area contributed by atoms with Crippen molar-refractivity contribution in [3.63, 3.8) is 0 Å². The van der Waals surface area contributed by atoms with Gasteiger partial charge in [0.05, 0.1) is 12.7 Å². The number of hydrogen-bond acceptors (Lipinski definition) is 5. The summed E-state index contributed by atoms with van der Waals surface area (Å²) in [5, 5.41) is 0. The van der Waals surface area contributed by atoms with Crippen molar-refractivity contribution in [2.24, 2.45) is 5.73 Å². The van der Waals surface area contributed by atoms with E-state index in [1.165, 1.54) is 0 Å². The van der Waals surface area contributed by atoms with E-state index in [0.29, 0.717) is 19.1 Å². The van der Waals surface area contributed by atoms with E-state index >= 15 is 0 Å². The van der Waals surface area contributed by atoms with Crippen molar-refractivity contribution >= 4 is 5.97 Å². The Morgan fingerprint density at radius 1 is 1.58 bits per heavy atom. The van der Waals surface area contributed by atoms with Crippen molar-refractivity contribution in [3.8, 4) is 0 Å². The summed E-state index contributed by atoms with van der Waals surface area (Å²) in [6.07, 6.45) is 3.72. The molecule has 2 fully saturated rings. The van der Waals surface area contributed by atoms with Gasteiger partial charge in [0.25, 0.3) is 0 Å². The fraction of sp³-hybridized carbons (Fsp3) is 0.929. The molecule has 110 valence electrons. The van der Waals surface area contributed by atoms with Crippen molar-refractivity contribution < 1.29 is 14.3 Å². The summed E-state index contributed by atoms with van der Waals surface area (Å²) in [6, 6.07) is 0.388. The van der Waals surface area contributed by atoms with Crippen molar-refractivity contribution in [2.75, 3.05) is 26.3 Å². The summed E-state index contributed by atoms with van der Waals surface area (Å²) in [7, 11) is 0. The molecule has 2 aliphatic rings. The maximum atomic E-state index is 11.9. The molecule has 2 N–H and O–H groups in total. The van der Waals surface area contributed by atoms with Crippen LogP contribution in [0.25, 0.3) is 0 Å². The molecule has 1 aliphatic carbocycles. The smallest absolute Gasteiger partial charge is 0.326 e. The van der Waals surface area contributed by atoms with E-state index in [4.69, 9.17) is 15.2 Å². The van der Waals surface area contributed by atoms with Gasteiger partial charge in [-0.25, -0.2) is 0 Å².